The Labute approximate surface area is 96.9 Å². The van der Waals surface area contributed by atoms with E-state index in [4.69, 9.17) is 5.84 Å². The van der Waals surface area contributed by atoms with Crippen LogP contribution in [0.2, 0.25) is 0 Å². The van der Waals surface area contributed by atoms with Crippen molar-refractivity contribution in [3.63, 3.8) is 0 Å². The normalized spacial score (nSPS) is 12.3. The molecule has 1 aromatic heterocycles. The van der Waals surface area contributed by atoms with Gasteiger partial charge in [0.05, 0.1) is 6.20 Å². The molecule has 0 fully saturated rings. The molecule has 0 saturated carbocycles. The number of allylic oxidation sites excluding steroid dienone is 1. The number of rotatable bonds is 8. The van der Waals surface area contributed by atoms with Crippen LogP contribution in [0.4, 0.5) is 0 Å². The fraction of sp³-hybridized carbons (Fsp3) is 0.500. The molecule has 0 aromatic carbocycles. The molecule has 88 valence electrons. The number of nitrogens with two attached hydrogens (primary N) is 1. The lowest BCUT2D eigenvalue weighted by atomic mass is 10.0. The molecule has 4 nitrogen and oxygen atoms in total. The van der Waals surface area contributed by atoms with Crippen LogP contribution in [-0.4, -0.2) is 10.2 Å². The Morgan fingerprint density at radius 3 is 2.88 bits per heavy atom. The molecular weight excluding hydrogens is 200 g/mol. The van der Waals surface area contributed by atoms with E-state index in [-0.39, 0.29) is 6.04 Å². The SMILES string of the molecule is C=CCCCCCC(NN)c1ccnnc1. The molecule has 4 heteroatoms. The Hall–Kier alpha value is -1.26. The van der Waals surface area contributed by atoms with E-state index in [1.54, 1.807) is 12.4 Å². The van der Waals surface area contributed by atoms with Gasteiger partial charge >= 0.3 is 0 Å². The summed E-state index contributed by atoms with van der Waals surface area (Å²) in [6.45, 7) is 3.71. The summed E-state index contributed by atoms with van der Waals surface area (Å²) in [5.41, 5.74) is 3.92. The van der Waals surface area contributed by atoms with E-state index < -0.39 is 0 Å². The van der Waals surface area contributed by atoms with Crippen molar-refractivity contribution in [3.8, 4) is 0 Å². The molecule has 1 heterocycles. The van der Waals surface area contributed by atoms with Gasteiger partial charge in [-0.25, -0.2) is 0 Å². The van der Waals surface area contributed by atoms with Gasteiger partial charge < -0.3 is 0 Å². The second kappa shape index (κ2) is 7.96. The molecule has 0 aliphatic carbocycles. The first-order valence-electron chi connectivity index (χ1n) is 5.72. The molecule has 0 saturated heterocycles. The van der Waals surface area contributed by atoms with Crippen molar-refractivity contribution in [1.82, 2.24) is 15.6 Å². The Morgan fingerprint density at radius 1 is 1.38 bits per heavy atom. The minimum Gasteiger partial charge on any atom is -0.271 e. The van der Waals surface area contributed by atoms with E-state index in [0.717, 1.165) is 24.8 Å². The second-order valence-corrected chi connectivity index (χ2v) is 3.82. The topological polar surface area (TPSA) is 63.8 Å². The first kappa shape index (κ1) is 12.8. The zero-order valence-corrected chi connectivity index (χ0v) is 9.60. The van der Waals surface area contributed by atoms with E-state index in [0.29, 0.717) is 0 Å². The number of nitrogens with one attached hydrogen (secondary N) is 1. The summed E-state index contributed by atoms with van der Waals surface area (Å²) in [5.74, 6) is 5.53. The summed E-state index contributed by atoms with van der Waals surface area (Å²) in [4.78, 5) is 0. The minimum absolute atomic E-state index is 0.180. The maximum absolute atomic E-state index is 5.53. The Balaban J connectivity index is 2.30. The van der Waals surface area contributed by atoms with Gasteiger partial charge in [-0.05, 0) is 30.9 Å². The van der Waals surface area contributed by atoms with E-state index >= 15 is 0 Å². The van der Waals surface area contributed by atoms with Crippen molar-refractivity contribution in [1.29, 1.82) is 0 Å². The van der Waals surface area contributed by atoms with Gasteiger partial charge in [0.2, 0.25) is 0 Å². The van der Waals surface area contributed by atoms with Crippen molar-refractivity contribution >= 4 is 0 Å². The van der Waals surface area contributed by atoms with Crippen LogP contribution in [0.1, 0.15) is 43.7 Å². The Bertz CT molecular complexity index is 286. The Morgan fingerprint density at radius 2 is 2.25 bits per heavy atom. The monoisotopic (exact) mass is 220 g/mol. The highest BCUT2D eigenvalue weighted by Crippen LogP contribution is 2.17. The highest BCUT2D eigenvalue weighted by atomic mass is 15.2. The molecule has 16 heavy (non-hydrogen) atoms. The molecule has 0 aliphatic heterocycles. The predicted molar refractivity (Wildman–Crippen MR) is 65.4 cm³/mol. The van der Waals surface area contributed by atoms with Gasteiger partial charge in [0.15, 0.2) is 0 Å². The maximum Gasteiger partial charge on any atom is 0.0544 e. The summed E-state index contributed by atoms with van der Waals surface area (Å²) in [7, 11) is 0. The van der Waals surface area contributed by atoms with Gasteiger partial charge in [-0.2, -0.15) is 10.2 Å². The van der Waals surface area contributed by atoms with Crippen molar-refractivity contribution in [3.05, 3.63) is 36.7 Å². The largest absolute Gasteiger partial charge is 0.271 e. The smallest absolute Gasteiger partial charge is 0.0544 e. The first-order chi connectivity index (χ1) is 7.88. The molecule has 1 unspecified atom stereocenters. The number of unbranched alkanes of at least 4 members (excludes halogenated alkanes) is 3. The van der Waals surface area contributed by atoms with Crippen molar-refractivity contribution in [2.24, 2.45) is 5.84 Å². The summed E-state index contributed by atoms with van der Waals surface area (Å²) in [6.07, 6.45) is 11.1. The van der Waals surface area contributed by atoms with E-state index in [9.17, 15) is 0 Å². The zero-order chi connectivity index (χ0) is 11.6. The summed E-state index contributed by atoms with van der Waals surface area (Å²) in [5, 5.41) is 7.61. The first-order valence-corrected chi connectivity index (χ1v) is 5.72. The minimum atomic E-state index is 0.180. The molecule has 3 N–H and O–H groups in total. The number of hydrogen-bond acceptors (Lipinski definition) is 4. The van der Waals surface area contributed by atoms with Crippen LogP contribution in [0.3, 0.4) is 0 Å². The van der Waals surface area contributed by atoms with Crippen LogP contribution in [0.5, 0.6) is 0 Å². The second-order valence-electron chi connectivity index (χ2n) is 3.82. The quantitative estimate of drug-likeness (QED) is 0.305. The Kier molecular flexibility index (Phi) is 6.37. The van der Waals surface area contributed by atoms with Crippen LogP contribution in [-0.2, 0) is 0 Å². The third-order valence-electron chi connectivity index (χ3n) is 2.61. The molecule has 1 aromatic rings. The van der Waals surface area contributed by atoms with Gasteiger partial charge in [0, 0.05) is 12.2 Å². The van der Waals surface area contributed by atoms with E-state index in [2.05, 4.69) is 22.2 Å². The molecule has 1 atom stereocenters. The predicted octanol–water partition coefficient (Wildman–Crippen LogP) is 2.12. The third kappa shape index (κ3) is 4.51. The van der Waals surface area contributed by atoms with Gasteiger partial charge in [0.1, 0.15) is 0 Å². The van der Waals surface area contributed by atoms with E-state index in [1.807, 2.05) is 12.1 Å². The van der Waals surface area contributed by atoms with Gasteiger partial charge in [-0.15, -0.1) is 6.58 Å². The van der Waals surface area contributed by atoms with Gasteiger partial charge in [-0.3, -0.25) is 11.3 Å². The molecular formula is C12H20N4. The van der Waals surface area contributed by atoms with Crippen molar-refractivity contribution in [2.45, 2.75) is 38.1 Å². The maximum atomic E-state index is 5.53. The van der Waals surface area contributed by atoms with Crippen LogP contribution in [0.15, 0.2) is 31.1 Å². The summed E-state index contributed by atoms with van der Waals surface area (Å²) in [6, 6.07) is 2.13. The van der Waals surface area contributed by atoms with Crippen molar-refractivity contribution in [2.75, 3.05) is 0 Å². The van der Waals surface area contributed by atoms with Crippen LogP contribution >= 0.6 is 0 Å². The fourth-order valence-corrected chi connectivity index (χ4v) is 1.67. The average Bonchev–Trinajstić information content (AvgIpc) is 2.35. The standard InChI is InChI=1S/C12H20N4/c1-2-3-4-5-6-7-12(16-13)11-8-9-14-15-10-11/h2,8-10,12,16H,1,3-7,13H2. The van der Waals surface area contributed by atoms with E-state index in [1.165, 1.54) is 12.8 Å². The fourth-order valence-electron chi connectivity index (χ4n) is 1.67. The molecule has 0 spiro atoms. The lowest BCUT2D eigenvalue weighted by Crippen LogP contribution is -2.28. The van der Waals surface area contributed by atoms with Crippen LogP contribution in [0, 0.1) is 0 Å². The number of hydrogen-bond donors (Lipinski definition) is 2. The van der Waals surface area contributed by atoms with Crippen LogP contribution < -0.4 is 11.3 Å². The van der Waals surface area contributed by atoms with Gasteiger partial charge in [0.25, 0.3) is 0 Å². The summed E-state index contributed by atoms with van der Waals surface area (Å²) >= 11 is 0. The molecule has 1 rings (SSSR count). The number of aromatic nitrogens is 2. The number of hydrazine groups is 1. The third-order valence-corrected chi connectivity index (χ3v) is 2.61. The average molecular weight is 220 g/mol. The summed E-state index contributed by atoms with van der Waals surface area (Å²) < 4.78 is 0. The molecule has 0 amide bonds. The molecule has 0 radical (unpaired) electrons. The highest BCUT2D eigenvalue weighted by molar-refractivity contribution is 5.10. The van der Waals surface area contributed by atoms with Crippen molar-refractivity contribution < 1.29 is 0 Å². The lowest BCUT2D eigenvalue weighted by Gasteiger charge is -2.15. The van der Waals surface area contributed by atoms with Crippen LogP contribution in [0.25, 0.3) is 0 Å². The number of nitrogens with zero attached hydrogens (tertiary/aromatic N) is 2. The van der Waals surface area contributed by atoms with Gasteiger partial charge in [-0.1, -0.05) is 18.9 Å². The molecule has 0 aliphatic rings. The highest BCUT2D eigenvalue weighted by Gasteiger charge is 2.08. The zero-order valence-electron chi connectivity index (χ0n) is 9.60. The molecule has 0 bridgehead atoms. The lowest BCUT2D eigenvalue weighted by molar-refractivity contribution is 0.482.